The number of carboxylic acids is 1. The van der Waals surface area contributed by atoms with Crippen molar-refractivity contribution < 1.29 is 14.7 Å². The molecule has 2 aromatic rings. The maximum atomic E-state index is 11.8. The number of carbonyl (C=O) groups excluding carboxylic acids is 1. The van der Waals surface area contributed by atoms with E-state index in [0.29, 0.717) is 0 Å². The summed E-state index contributed by atoms with van der Waals surface area (Å²) >= 11 is 5.80. The van der Waals surface area contributed by atoms with Gasteiger partial charge in [0.05, 0.1) is 10.6 Å². The first-order valence-electron chi connectivity index (χ1n) is 4.77. The zero-order chi connectivity index (χ0) is 13.1. The standard InChI is InChI=1S/C10H7ClN4O3/c11-6-4-12-2-1-5(6)9(16)13-8-3-7(10(17)18)14-15-8/h1-4H,(H,17,18)(H2,13,14,15,16). The third-order valence-electron chi connectivity index (χ3n) is 2.07. The van der Waals surface area contributed by atoms with Crippen LogP contribution in [0.1, 0.15) is 20.8 Å². The number of pyridine rings is 1. The third-order valence-corrected chi connectivity index (χ3v) is 2.37. The van der Waals surface area contributed by atoms with Crippen molar-refractivity contribution in [3.63, 3.8) is 0 Å². The second-order valence-electron chi connectivity index (χ2n) is 3.28. The number of aromatic amines is 1. The van der Waals surface area contributed by atoms with Gasteiger partial charge in [-0.25, -0.2) is 4.79 Å². The molecule has 2 rings (SSSR count). The van der Waals surface area contributed by atoms with E-state index in [1.54, 1.807) is 0 Å². The normalized spacial score (nSPS) is 10.1. The van der Waals surface area contributed by atoms with Gasteiger partial charge in [0.2, 0.25) is 0 Å². The van der Waals surface area contributed by atoms with Crippen molar-refractivity contribution in [3.8, 4) is 0 Å². The number of amides is 1. The minimum atomic E-state index is -1.16. The summed E-state index contributed by atoms with van der Waals surface area (Å²) in [5.41, 5.74) is 0.109. The quantitative estimate of drug-likeness (QED) is 0.778. The van der Waals surface area contributed by atoms with Crippen LogP contribution in [-0.4, -0.2) is 32.2 Å². The molecule has 92 valence electrons. The first-order valence-corrected chi connectivity index (χ1v) is 5.15. The summed E-state index contributed by atoms with van der Waals surface area (Å²) in [6, 6.07) is 2.65. The predicted octanol–water partition coefficient (Wildman–Crippen LogP) is 1.41. The van der Waals surface area contributed by atoms with E-state index in [0.717, 1.165) is 0 Å². The number of aromatic nitrogens is 3. The van der Waals surface area contributed by atoms with Crippen molar-refractivity contribution in [3.05, 3.63) is 40.8 Å². The number of anilines is 1. The second kappa shape index (κ2) is 4.84. The average Bonchev–Trinajstić information content (AvgIpc) is 2.78. The fraction of sp³-hybridized carbons (Fsp3) is 0. The van der Waals surface area contributed by atoms with E-state index in [1.165, 1.54) is 24.5 Å². The Morgan fingerprint density at radius 2 is 2.22 bits per heavy atom. The Balaban J connectivity index is 2.16. The van der Waals surface area contributed by atoms with E-state index in [4.69, 9.17) is 16.7 Å². The molecule has 0 spiro atoms. The van der Waals surface area contributed by atoms with Gasteiger partial charge in [-0.05, 0) is 6.07 Å². The monoisotopic (exact) mass is 266 g/mol. The Bertz CT molecular complexity index is 611. The number of hydrogen-bond acceptors (Lipinski definition) is 4. The van der Waals surface area contributed by atoms with Crippen molar-refractivity contribution in [2.45, 2.75) is 0 Å². The minimum Gasteiger partial charge on any atom is -0.477 e. The van der Waals surface area contributed by atoms with Crippen molar-refractivity contribution in [2.24, 2.45) is 0 Å². The largest absolute Gasteiger partial charge is 0.477 e. The van der Waals surface area contributed by atoms with Crippen LogP contribution < -0.4 is 5.32 Å². The number of nitrogens with one attached hydrogen (secondary N) is 2. The highest BCUT2D eigenvalue weighted by Gasteiger charge is 2.13. The average molecular weight is 267 g/mol. The lowest BCUT2D eigenvalue weighted by atomic mass is 10.2. The molecule has 8 heteroatoms. The maximum absolute atomic E-state index is 11.8. The SMILES string of the molecule is O=C(O)c1cc(NC(=O)c2ccncc2Cl)n[nH]1. The molecule has 18 heavy (non-hydrogen) atoms. The molecular formula is C10H7ClN4O3. The molecule has 7 nitrogen and oxygen atoms in total. The van der Waals surface area contributed by atoms with Crippen molar-refractivity contribution >= 4 is 29.3 Å². The molecule has 0 saturated carbocycles. The maximum Gasteiger partial charge on any atom is 0.353 e. The lowest BCUT2D eigenvalue weighted by Gasteiger charge is -2.02. The highest BCUT2D eigenvalue weighted by atomic mass is 35.5. The highest BCUT2D eigenvalue weighted by Crippen LogP contribution is 2.15. The van der Waals surface area contributed by atoms with Crippen LogP contribution in [0.3, 0.4) is 0 Å². The van der Waals surface area contributed by atoms with Gasteiger partial charge in [0.1, 0.15) is 5.69 Å². The lowest BCUT2D eigenvalue weighted by Crippen LogP contribution is -2.12. The zero-order valence-corrected chi connectivity index (χ0v) is 9.60. The molecule has 1 amide bonds. The number of aromatic carboxylic acids is 1. The molecule has 0 aliphatic heterocycles. The number of H-pyrrole nitrogens is 1. The fourth-order valence-corrected chi connectivity index (χ4v) is 1.44. The zero-order valence-electron chi connectivity index (χ0n) is 8.85. The van der Waals surface area contributed by atoms with Crippen LogP contribution in [0, 0.1) is 0 Å². The Kier molecular flexibility index (Phi) is 3.24. The number of hydrogen-bond donors (Lipinski definition) is 3. The van der Waals surface area contributed by atoms with Crippen LogP contribution in [0.2, 0.25) is 5.02 Å². The summed E-state index contributed by atoms with van der Waals surface area (Å²) in [4.78, 5) is 26.2. The predicted molar refractivity (Wildman–Crippen MR) is 62.7 cm³/mol. The summed E-state index contributed by atoms with van der Waals surface area (Å²) in [5.74, 6) is -1.55. The molecule has 0 fully saturated rings. The molecule has 0 atom stereocenters. The number of rotatable bonds is 3. The summed E-state index contributed by atoms with van der Waals surface area (Å²) in [5, 5.41) is 17.2. The molecule has 0 bridgehead atoms. The number of halogens is 1. The van der Waals surface area contributed by atoms with Gasteiger partial charge in [0.25, 0.3) is 5.91 Å². The molecule has 0 aliphatic carbocycles. The third kappa shape index (κ3) is 2.46. The van der Waals surface area contributed by atoms with Crippen LogP contribution >= 0.6 is 11.6 Å². The molecule has 2 heterocycles. The van der Waals surface area contributed by atoms with Gasteiger partial charge in [-0.3, -0.25) is 14.9 Å². The van der Waals surface area contributed by atoms with Crippen molar-refractivity contribution in [1.29, 1.82) is 0 Å². The molecule has 0 unspecified atom stereocenters. The first-order chi connectivity index (χ1) is 8.58. The second-order valence-corrected chi connectivity index (χ2v) is 3.69. The smallest absolute Gasteiger partial charge is 0.353 e. The molecule has 0 aliphatic rings. The molecular weight excluding hydrogens is 260 g/mol. The molecule has 3 N–H and O–H groups in total. The summed E-state index contributed by atoms with van der Waals surface area (Å²) in [6.07, 6.45) is 2.76. The van der Waals surface area contributed by atoms with Gasteiger partial charge in [-0.2, -0.15) is 5.10 Å². The van der Waals surface area contributed by atoms with E-state index < -0.39 is 11.9 Å². The van der Waals surface area contributed by atoms with E-state index in [9.17, 15) is 9.59 Å². The van der Waals surface area contributed by atoms with E-state index >= 15 is 0 Å². The minimum absolute atomic E-state index is 0.102. The van der Waals surface area contributed by atoms with Crippen LogP contribution in [0.4, 0.5) is 5.82 Å². The van der Waals surface area contributed by atoms with Crippen LogP contribution in [0.15, 0.2) is 24.5 Å². The summed E-state index contributed by atoms with van der Waals surface area (Å²) in [6.45, 7) is 0. The summed E-state index contributed by atoms with van der Waals surface area (Å²) in [7, 11) is 0. The van der Waals surface area contributed by atoms with Crippen molar-refractivity contribution in [1.82, 2.24) is 15.2 Å². The van der Waals surface area contributed by atoms with Gasteiger partial charge in [0.15, 0.2) is 5.82 Å². The Morgan fingerprint density at radius 3 is 2.83 bits per heavy atom. The topological polar surface area (TPSA) is 108 Å². The molecule has 0 aromatic carbocycles. The lowest BCUT2D eigenvalue weighted by molar-refractivity contribution is 0.0690. The van der Waals surface area contributed by atoms with E-state index in [1.807, 2.05) is 0 Å². The summed E-state index contributed by atoms with van der Waals surface area (Å²) < 4.78 is 0. The number of carboxylic acid groups (broad SMARTS) is 1. The Morgan fingerprint density at radius 1 is 1.44 bits per heavy atom. The van der Waals surface area contributed by atoms with Gasteiger partial charge in [0, 0.05) is 18.5 Å². The Labute approximate surface area is 106 Å². The van der Waals surface area contributed by atoms with Crippen LogP contribution in [-0.2, 0) is 0 Å². The molecule has 0 saturated heterocycles. The van der Waals surface area contributed by atoms with E-state index in [2.05, 4.69) is 20.5 Å². The Hall–Kier alpha value is -2.41. The number of carbonyl (C=O) groups is 2. The van der Waals surface area contributed by atoms with Crippen LogP contribution in [0.25, 0.3) is 0 Å². The molecule has 0 radical (unpaired) electrons. The van der Waals surface area contributed by atoms with Gasteiger partial charge < -0.3 is 10.4 Å². The molecule has 2 aromatic heterocycles. The van der Waals surface area contributed by atoms with E-state index in [-0.39, 0.29) is 22.1 Å². The van der Waals surface area contributed by atoms with Gasteiger partial charge >= 0.3 is 5.97 Å². The first kappa shape index (κ1) is 12.1. The van der Waals surface area contributed by atoms with Gasteiger partial charge in [-0.1, -0.05) is 11.6 Å². The van der Waals surface area contributed by atoms with Gasteiger partial charge in [-0.15, -0.1) is 0 Å². The van der Waals surface area contributed by atoms with Crippen molar-refractivity contribution in [2.75, 3.05) is 5.32 Å². The van der Waals surface area contributed by atoms with Crippen LogP contribution in [0.5, 0.6) is 0 Å². The fourth-order valence-electron chi connectivity index (χ4n) is 1.24. The highest BCUT2D eigenvalue weighted by molar-refractivity contribution is 6.34. The number of nitrogens with zero attached hydrogens (tertiary/aromatic N) is 2.